The Morgan fingerprint density at radius 2 is 2.05 bits per heavy atom. The molecule has 0 bridgehead atoms. The molecule has 100 valence electrons. The molecule has 4 rings (SSSR count). The van der Waals surface area contributed by atoms with Crippen LogP contribution in [0.15, 0.2) is 11.2 Å². The summed E-state index contributed by atoms with van der Waals surface area (Å²) in [5.74, 6) is 1.94. The van der Waals surface area contributed by atoms with Crippen LogP contribution in [0.5, 0.6) is 0 Å². The van der Waals surface area contributed by atoms with Gasteiger partial charge in [0.2, 0.25) is 11.2 Å². The summed E-state index contributed by atoms with van der Waals surface area (Å²) in [6.45, 7) is 0.883. The number of rotatable bonds is 0. The number of aliphatic imine (C=N–C) groups is 1. The summed E-state index contributed by atoms with van der Waals surface area (Å²) >= 11 is 5.98. The normalized spacial score (nSPS) is 23.6. The minimum Gasteiger partial charge on any atom is -0.311 e. The molecule has 0 radical (unpaired) electrons. The van der Waals surface area contributed by atoms with E-state index in [1.165, 1.54) is 32.1 Å². The zero-order valence-corrected chi connectivity index (χ0v) is 11.7. The van der Waals surface area contributed by atoms with Crippen molar-refractivity contribution >= 4 is 29.1 Å². The van der Waals surface area contributed by atoms with Gasteiger partial charge in [-0.2, -0.15) is 4.98 Å². The minimum absolute atomic E-state index is 0.130. The summed E-state index contributed by atoms with van der Waals surface area (Å²) < 4.78 is 0. The molecule has 0 amide bonds. The fourth-order valence-electron chi connectivity index (χ4n) is 3.59. The Morgan fingerprint density at radius 1 is 1.26 bits per heavy atom. The van der Waals surface area contributed by atoms with Crippen LogP contribution in [0.3, 0.4) is 0 Å². The summed E-state index contributed by atoms with van der Waals surface area (Å²) in [6, 6.07) is 0. The highest BCUT2D eigenvalue weighted by Gasteiger charge is 2.50. The first-order valence-electron chi connectivity index (χ1n) is 6.82. The fraction of sp³-hybridized carbons (Fsp3) is 0.615. The van der Waals surface area contributed by atoms with Gasteiger partial charge >= 0.3 is 0 Å². The maximum absolute atomic E-state index is 5.98. The zero-order valence-electron chi connectivity index (χ0n) is 10.9. The topological polar surface area (TPSA) is 44.6 Å². The van der Waals surface area contributed by atoms with Gasteiger partial charge in [-0.05, 0) is 24.4 Å². The average molecular weight is 278 g/mol. The summed E-state index contributed by atoms with van der Waals surface area (Å²) in [7, 11) is 2.02. The van der Waals surface area contributed by atoms with Gasteiger partial charge in [0.05, 0.1) is 18.3 Å². The predicted octanol–water partition coefficient (Wildman–Crippen LogP) is 2.46. The molecule has 0 atom stereocenters. The van der Waals surface area contributed by atoms with Crippen LogP contribution >= 0.6 is 11.6 Å². The van der Waals surface area contributed by atoms with Crippen LogP contribution in [0.25, 0.3) is 0 Å². The van der Waals surface area contributed by atoms with Crippen molar-refractivity contribution in [1.29, 1.82) is 0 Å². The molecule has 0 N–H and O–H groups in total. The van der Waals surface area contributed by atoms with Crippen LogP contribution in [-0.2, 0) is 0 Å². The Hall–Kier alpha value is -1.36. The van der Waals surface area contributed by atoms with Crippen molar-refractivity contribution < 1.29 is 0 Å². The number of hydrogen-bond acceptors (Lipinski definition) is 5. The summed E-state index contributed by atoms with van der Waals surface area (Å²) in [5, 5.41) is 0.311. The lowest BCUT2D eigenvalue weighted by Gasteiger charge is -2.39. The van der Waals surface area contributed by atoms with Crippen LogP contribution in [-0.4, -0.2) is 35.1 Å². The van der Waals surface area contributed by atoms with E-state index in [2.05, 4.69) is 19.8 Å². The van der Waals surface area contributed by atoms with Gasteiger partial charge in [-0.1, -0.05) is 19.3 Å². The molecule has 1 fully saturated rings. The van der Waals surface area contributed by atoms with Gasteiger partial charge in [0.15, 0.2) is 5.82 Å². The SMILES string of the molecule is CN1C2=NCC3(CCCCC3)N2c2nc(Cl)ncc21. The van der Waals surface area contributed by atoms with E-state index >= 15 is 0 Å². The predicted molar refractivity (Wildman–Crippen MR) is 76.0 cm³/mol. The van der Waals surface area contributed by atoms with Crippen LogP contribution in [0.4, 0.5) is 11.5 Å². The third kappa shape index (κ3) is 1.45. The lowest BCUT2D eigenvalue weighted by atomic mass is 9.81. The molecule has 1 saturated carbocycles. The summed E-state index contributed by atoms with van der Waals surface area (Å²) in [6.07, 6.45) is 8.05. The van der Waals surface area contributed by atoms with Gasteiger partial charge in [0.1, 0.15) is 5.69 Å². The fourth-order valence-corrected chi connectivity index (χ4v) is 3.72. The molecule has 1 aromatic heterocycles. The van der Waals surface area contributed by atoms with Crippen molar-refractivity contribution in [3.8, 4) is 0 Å². The van der Waals surface area contributed by atoms with Crippen LogP contribution in [0.1, 0.15) is 32.1 Å². The van der Waals surface area contributed by atoms with Crippen LogP contribution in [0.2, 0.25) is 5.28 Å². The second-order valence-corrected chi connectivity index (χ2v) is 5.98. The van der Waals surface area contributed by atoms with E-state index in [0.717, 1.165) is 24.0 Å². The Morgan fingerprint density at radius 3 is 2.84 bits per heavy atom. The number of halogens is 1. The molecule has 19 heavy (non-hydrogen) atoms. The maximum atomic E-state index is 5.98. The first kappa shape index (κ1) is 11.5. The standard InChI is InChI=1S/C13H16ClN5/c1-18-9-7-15-11(14)17-10(9)19-12(18)16-8-13(19)5-3-2-4-6-13/h7H,2-6,8H2,1H3. The first-order chi connectivity index (χ1) is 9.21. The van der Waals surface area contributed by atoms with Gasteiger partial charge in [-0.15, -0.1) is 0 Å². The molecule has 3 heterocycles. The molecule has 6 heteroatoms. The molecule has 1 aromatic rings. The van der Waals surface area contributed by atoms with E-state index in [4.69, 9.17) is 16.6 Å². The smallest absolute Gasteiger partial charge is 0.224 e. The van der Waals surface area contributed by atoms with E-state index in [1.54, 1.807) is 6.20 Å². The largest absolute Gasteiger partial charge is 0.311 e. The number of hydrogen-bond donors (Lipinski definition) is 0. The third-order valence-electron chi connectivity index (χ3n) is 4.57. The molecular formula is C13H16ClN5. The maximum Gasteiger partial charge on any atom is 0.224 e. The average Bonchev–Trinajstić information content (AvgIpc) is 2.90. The Kier molecular flexibility index (Phi) is 2.31. The van der Waals surface area contributed by atoms with Gasteiger partial charge < -0.3 is 4.90 Å². The van der Waals surface area contributed by atoms with Crippen molar-refractivity contribution in [2.75, 3.05) is 23.4 Å². The van der Waals surface area contributed by atoms with Crippen molar-refractivity contribution in [2.24, 2.45) is 4.99 Å². The van der Waals surface area contributed by atoms with Gasteiger partial charge in [0, 0.05) is 7.05 Å². The Labute approximate surface area is 117 Å². The van der Waals surface area contributed by atoms with Crippen LogP contribution < -0.4 is 9.80 Å². The number of fused-ring (bicyclic) bond motifs is 4. The highest BCUT2D eigenvalue weighted by molar-refractivity contribution is 6.28. The highest BCUT2D eigenvalue weighted by atomic mass is 35.5. The van der Waals surface area contributed by atoms with Gasteiger partial charge in [-0.25, -0.2) is 9.98 Å². The third-order valence-corrected chi connectivity index (χ3v) is 4.75. The number of guanidine groups is 1. The number of aromatic nitrogens is 2. The van der Waals surface area contributed by atoms with Crippen molar-refractivity contribution in [1.82, 2.24) is 9.97 Å². The van der Waals surface area contributed by atoms with Crippen LogP contribution in [0, 0.1) is 0 Å². The zero-order chi connectivity index (χ0) is 13.0. The molecular weight excluding hydrogens is 262 g/mol. The molecule has 2 aliphatic heterocycles. The lowest BCUT2D eigenvalue weighted by molar-refractivity contribution is 0.317. The minimum atomic E-state index is 0.130. The number of nitrogens with zero attached hydrogens (tertiary/aromatic N) is 5. The quantitative estimate of drug-likeness (QED) is 0.684. The van der Waals surface area contributed by atoms with Gasteiger partial charge in [0.25, 0.3) is 0 Å². The first-order valence-corrected chi connectivity index (χ1v) is 7.20. The second kappa shape index (κ2) is 3.82. The molecule has 0 aromatic carbocycles. The molecule has 0 unspecified atom stereocenters. The van der Waals surface area contributed by atoms with E-state index in [0.29, 0.717) is 5.28 Å². The summed E-state index contributed by atoms with van der Waals surface area (Å²) in [4.78, 5) is 17.7. The lowest BCUT2D eigenvalue weighted by Crippen LogP contribution is -2.51. The van der Waals surface area contributed by atoms with E-state index in [1.807, 2.05) is 7.05 Å². The molecule has 0 saturated heterocycles. The summed E-state index contributed by atoms with van der Waals surface area (Å²) in [5.41, 5.74) is 1.14. The number of anilines is 2. The van der Waals surface area contributed by atoms with E-state index in [-0.39, 0.29) is 5.54 Å². The van der Waals surface area contributed by atoms with E-state index < -0.39 is 0 Å². The van der Waals surface area contributed by atoms with Crippen molar-refractivity contribution in [3.63, 3.8) is 0 Å². The molecule has 5 nitrogen and oxygen atoms in total. The Bertz CT molecular complexity index is 564. The highest BCUT2D eigenvalue weighted by Crippen LogP contribution is 2.47. The molecule has 3 aliphatic rings. The van der Waals surface area contributed by atoms with Crippen molar-refractivity contribution in [2.45, 2.75) is 37.6 Å². The van der Waals surface area contributed by atoms with E-state index in [9.17, 15) is 0 Å². The van der Waals surface area contributed by atoms with Crippen molar-refractivity contribution in [3.05, 3.63) is 11.5 Å². The monoisotopic (exact) mass is 277 g/mol. The van der Waals surface area contributed by atoms with Gasteiger partial charge in [-0.3, -0.25) is 4.90 Å². The molecule has 1 aliphatic carbocycles. The Balaban J connectivity index is 1.84. The second-order valence-electron chi connectivity index (χ2n) is 5.64. The molecule has 1 spiro atoms.